The Bertz CT molecular complexity index is 969. The first-order valence-electron chi connectivity index (χ1n) is 9.09. The van der Waals surface area contributed by atoms with Gasteiger partial charge in [-0.2, -0.15) is 10.2 Å². The smallest absolute Gasteiger partial charge is 0.175 e. The summed E-state index contributed by atoms with van der Waals surface area (Å²) in [4.78, 5) is 0. The van der Waals surface area contributed by atoms with Crippen molar-refractivity contribution in [1.82, 2.24) is 19.6 Å². The van der Waals surface area contributed by atoms with E-state index < -0.39 is 0 Å². The van der Waals surface area contributed by atoms with Crippen molar-refractivity contribution in [3.63, 3.8) is 0 Å². The molecule has 0 atom stereocenters. The second-order valence-electron chi connectivity index (χ2n) is 6.67. The van der Waals surface area contributed by atoms with Gasteiger partial charge in [0.1, 0.15) is 0 Å². The van der Waals surface area contributed by atoms with Gasteiger partial charge < -0.3 is 10.6 Å². The zero-order valence-electron chi connectivity index (χ0n) is 16.5. The van der Waals surface area contributed by atoms with E-state index in [1.165, 1.54) is 11.1 Å². The van der Waals surface area contributed by atoms with E-state index in [1.807, 2.05) is 23.2 Å². The van der Waals surface area contributed by atoms with Crippen LogP contribution in [0.1, 0.15) is 35.1 Å². The van der Waals surface area contributed by atoms with Crippen LogP contribution in [0.15, 0.2) is 30.5 Å². The zero-order valence-corrected chi connectivity index (χ0v) is 17.3. The number of anilines is 2. The van der Waals surface area contributed by atoms with Crippen LogP contribution in [0.25, 0.3) is 0 Å². The number of nitrogens with one attached hydrogen (secondary N) is 2. The topological polar surface area (TPSA) is 59.7 Å². The van der Waals surface area contributed by atoms with Gasteiger partial charge >= 0.3 is 0 Å². The molecule has 0 aliphatic heterocycles. The van der Waals surface area contributed by atoms with E-state index in [0.717, 1.165) is 41.5 Å². The van der Waals surface area contributed by atoms with E-state index in [-0.39, 0.29) is 0 Å². The lowest BCUT2D eigenvalue weighted by molar-refractivity contribution is 0.640. The number of benzene rings is 1. The molecule has 142 valence electrons. The third-order valence-electron chi connectivity index (χ3n) is 4.85. The lowest BCUT2D eigenvalue weighted by Crippen LogP contribution is -2.20. The third kappa shape index (κ3) is 4.03. The Morgan fingerprint density at radius 1 is 1.04 bits per heavy atom. The Morgan fingerprint density at radius 2 is 1.78 bits per heavy atom. The zero-order chi connectivity index (χ0) is 19.6. The number of hydrogen-bond donors (Lipinski definition) is 2. The quantitative estimate of drug-likeness (QED) is 0.648. The molecule has 3 aromatic rings. The molecule has 0 aliphatic rings. The predicted octanol–water partition coefficient (Wildman–Crippen LogP) is 4.19. The largest absolute Gasteiger partial charge is 0.330 e. The van der Waals surface area contributed by atoms with Crippen LogP contribution in [0.5, 0.6) is 0 Å². The second kappa shape index (κ2) is 7.92. The first-order valence-corrected chi connectivity index (χ1v) is 9.50. The Labute approximate surface area is 165 Å². The first-order chi connectivity index (χ1) is 12.9. The molecule has 3 rings (SSSR count). The summed E-state index contributed by atoms with van der Waals surface area (Å²) < 4.78 is 3.95. The highest BCUT2D eigenvalue weighted by molar-refractivity contribution is 7.80. The number of hydrogen-bond acceptors (Lipinski definition) is 3. The van der Waals surface area contributed by atoms with Gasteiger partial charge in [0.25, 0.3) is 0 Å². The summed E-state index contributed by atoms with van der Waals surface area (Å²) in [6, 6.07) is 8.38. The van der Waals surface area contributed by atoms with Gasteiger partial charge in [-0.1, -0.05) is 24.3 Å². The van der Waals surface area contributed by atoms with Crippen LogP contribution in [0.2, 0.25) is 0 Å². The molecule has 0 amide bonds. The molecular formula is C20H26N6S. The minimum Gasteiger partial charge on any atom is -0.330 e. The van der Waals surface area contributed by atoms with E-state index in [9.17, 15) is 0 Å². The van der Waals surface area contributed by atoms with Crippen LogP contribution in [-0.2, 0) is 13.1 Å². The minimum atomic E-state index is 0.537. The maximum absolute atomic E-state index is 5.51. The first kappa shape index (κ1) is 19.1. The van der Waals surface area contributed by atoms with Gasteiger partial charge in [0.05, 0.1) is 41.2 Å². The SMILES string of the molecule is CCn1ncc(NC(=S)Nc2c(C)nn(Cc3ccccc3C)c2C)c1C. The highest BCUT2D eigenvalue weighted by Crippen LogP contribution is 2.22. The Hall–Kier alpha value is -2.67. The van der Waals surface area contributed by atoms with Crippen LogP contribution in [0.3, 0.4) is 0 Å². The fraction of sp³-hybridized carbons (Fsp3) is 0.350. The molecule has 0 spiro atoms. The van der Waals surface area contributed by atoms with Crippen molar-refractivity contribution in [2.75, 3.05) is 10.6 Å². The molecule has 27 heavy (non-hydrogen) atoms. The molecule has 2 heterocycles. The molecule has 0 aliphatic carbocycles. The van der Waals surface area contributed by atoms with Crippen LogP contribution < -0.4 is 10.6 Å². The second-order valence-corrected chi connectivity index (χ2v) is 7.08. The molecule has 6 nitrogen and oxygen atoms in total. The molecule has 0 radical (unpaired) electrons. The van der Waals surface area contributed by atoms with Crippen molar-refractivity contribution in [1.29, 1.82) is 0 Å². The number of thiocarbonyl (C=S) groups is 1. The number of aromatic nitrogens is 4. The highest BCUT2D eigenvalue weighted by Gasteiger charge is 2.14. The molecule has 0 saturated carbocycles. The molecule has 1 aromatic carbocycles. The van der Waals surface area contributed by atoms with Gasteiger partial charge in [-0.15, -0.1) is 0 Å². The minimum absolute atomic E-state index is 0.537. The molecule has 0 unspecified atom stereocenters. The Morgan fingerprint density at radius 3 is 2.44 bits per heavy atom. The van der Waals surface area contributed by atoms with Crippen molar-refractivity contribution in [3.05, 3.63) is 58.7 Å². The molecule has 0 fully saturated rings. The van der Waals surface area contributed by atoms with E-state index >= 15 is 0 Å². The number of rotatable bonds is 5. The van der Waals surface area contributed by atoms with Crippen molar-refractivity contribution in [2.24, 2.45) is 0 Å². The van der Waals surface area contributed by atoms with Crippen LogP contribution in [-0.4, -0.2) is 24.7 Å². The molecule has 2 N–H and O–H groups in total. The summed E-state index contributed by atoms with van der Waals surface area (Å²) in [6.07, 6.45) is 1.80. The Balaban J connectivity index is 1.75. The summed E-state index contributed by atoms with van der Waals surface area (Å²) in [5.41, 5.74) is 7.43. The molecule has 2 aromatic heterocycles. The number of aryl methyl sites for hydroxylation is 3. The molecular weight excluding hydrogens is 356 g/mol. The van der Waals surface area contributed by atoms with Crippen LogP contribution >= 0.6 is 12.2 Å². The van der Waals surface area contributed by atoms with E-state index in [0.29, 0.717) is 5.11 Å². The fourth-order valence-electron chi connectivity index (χ4n) is 3.14. The van der Waals surface area contributed by atoms with Crippen molar-refractivity contribution >= 4 is 28.7 Å². The molecule has 0 bridgehead atoms. The van der Waals surface area contributed by atoms with Gasteiger partial charge in [-0.3, -0.25) is 9.36 Å². The van der Waals surface area contributed by atoms with Gasteiger partial charge in [0.2, 0.25) is 0 Å². The van der Waals surface area contributed by atoms with Gasteiger partial charge in [0, 0.05) is 6.54 Å². The summed E-state index contributed by atoms with van der Waals surface area (Å²) >= 11 is 5.51. The Kier molecular flexibility index (Phi) is 5.60. The average molecular weight is 383 g/mol. The fourth-order valence-corrected chi connectivity index (χ4v) is 3.35. The predicted molar refractivity (Wildman–Crippen MR) is 114 cm³/mol. The van der Waals surface area contributed by atoms with Crippen molar-refractivity contribution in [3.8, 4) is 0 Å². The van der Waals surface area contributed by atoms with E-state index in [2.05, 4.69) is 60.8 Å². The maximum Gasteiger partial charge on any atom is 0.175 e. The average Bonchev–Trinajstić information content (AvgIpc) is 3.11. The van der Waals surface area contributed by atoms with Crippen LogP contribution in [0.4, 0.5) is 11.4 Å². The lowest BCUT2D eigenvalue weighted by Gasteiger charge is -2.11. The monoisotopic (exact) mass is 382 g/mol. The number of nitrogens with zero attached hydrogens (tertiary/aromatic N) is 4. The summed E-state index contributed by atoms with van der Waals surface area (Å²) in [6.45, 7) is 11.8. The third-order valence-corrected chi connectivity index (χ3v) is 5.06. The van der Waals surface area contributed by atoms with Crippen LogP contribution in [0, 0.1) is 27.7 Å². The van der Waals surface area contributed by atoms with Crippen molar-refractivity contribution < 1.29 is 0 Å². The van der Waals surface area contributed by atoms with Gasteiger partial charge in [0.15, 0.2) is 5.11 Å². The molecule has 7 heteroatoms. The molecule has 0 saturated heterocycles. The summed E-state index contributed by atoms with van der Waals surface area (Å²) in [5.74, 6) is 0. The van der Waals surface area contributed by atoms with Gasteiger partial charge in [-0.05, 0) is 58.0 Å². The highest BCUT2D eigenvalue weighted by atomic mass is 32.1. The normalized spacial score (nSPS) is 10.9. The van der Waals surface area contributed by atoms with E-state index in [4.69, 9.17) is 17.3 Å². The maximum atomic E-state index is 5.51. The standard InChI is InChI=1S/C20H26N6S/c1-6-25-15(4)18(11-21-25)22-20(27)23-19-14(3)24-26(16(19)5)12-17-10-8-7-9-13(17)2/h7-11H,6,12H2,1-5H3,(H2,22,23,27). The lowest BCUT2D eigenvalue weighted by atomic mass is 10.1. The van der Waals surface area contributed by atoms with E-state index in [1.54, 1.807) is 6.20 Å². The van der Waals surface area contributed by atoms with Gasteiger partial charge in [-0.25, -0.2) is 0 Å². The summed E-state index contributed by atoms with van der Waals surface area (Å²) in [5, 5.41) is 16.1. The summed E-state index contributed by atoms with van der Waals surface area (Å²) in [7, 11) is 0. The van der Waals surface area contributed by atoms with Crippen molar-refractivity contribution in [2.45, 2.75) is 47.7 Å².